The van der Waals surface area contributed by atoms with Crippen LogP contribution in [0.2, 0.25) is 0 Å². The molecule has 1 atom stereocenters. The van der Waals surface area contributed by atoms with E-state index in [0.29, 0.717) is 31.6 Å². The molecule has 9 nitrogen and oxygen atoms in total. The second-order valence-corrected chi connectivity index (χ2v) is 7.57. The highest BCUT2D eigenvalue weighted by molar-refractivity contribution is 5.95. The maximum atomic E-state index is 12.9. The van der Waals surface area contributed by atoms with E-state index >= 15 is 0 Å². The van der Waals surface area contributed by atoms with Crippen LogP contribution in [0.25, 0.3) is 11.3 Å². The number of rotatable bonds is 2. The number of hydrogen-bond acceptors (Lipinski definition) is 6. The van der Waals surface area contributed by atoms with Gasteiger partial charge in [-0.05, 0) is 37.1 Å². The largest absolute Gasteiger partial charge is 0.483 e. The van der Waals surface area contributed by atoms with E-state index in [1.54, 1.807) is 23.0 Å². The van der Waals surface area contributed by atoms with Crippen molar-refractivity contribution in [1.82, 2.24) is 20.0 Å². The van der Waals surface area contributed by atoms with Crippen LogP contribution < -0.4 is 0 Å². The molecular formula is C21H24N4O5. The zero-order valence-corrected chi connectivity index (χ0v) is 17.2. The zero-order chi connectivity index (χ0) is 21.9. The number of nitrogens with zero attached hydrogens (tertiary/aromatic N) is 4. The Kier molecular flexibility index (Phi) is 6.00. The first kappa shape index (κ1) is 21.2. The van der Waals surface area contributed by atoms with Crippen molar-refractivity contribution < 1.29 is 24.2 Å². The summed E-state index contributed by atoms with van der Waals surface area (Å²) in [5.41, 5.74) is 3.98. The van der Waals surface area contributed by atoms with E-state index in [1.165, 1.54) is 0 Å². The topological polar surface area (TPSA) is 113 Å². The molecule has 1 unspecified atom stereocenters. The van der Waals surface area contributed by atoms with Gasteiger partial charge in [0.15, 0.2) is 5.60 Å². The number of benzene rings is 1. The molecule has 3 heterocycles. The lowest BCUT2D eigenvalue weighted by atomic mass is 10.0. The van der Waals surface area contributed by atoms with Crippen LogP contribution in [-0.4, -0.2) is 75.9 Å². The van der Waals surface area contributed by atoms with Gasteiger partial charge in [0.2, 0.25) is 0 Å². The molecule has 4 rings (SSSR count). The van der Waals surface area contributed by atoms with Gasteiger partial charge in [-0.15, -0.1) is 0 Å². The van der Waals surface area contributed by atoms with Crippen LogP contribution >= 0.6 is 0 Å². The summed E-state index contributed by atoms with van der Waals surface area (Å²) in [6, 6.07) is 7.44. The molecule has 1 N–H and O–H groups in total. The Morgan fingerprint density at radius 3 is 2.50 bits per heavy atom. The van der Waals surface area contributed by atoms with Gasteiger partial charge in [0.05, 0.1) is 25.0 Å². The van der Waals surface area contributed by atoms with Crippen molar-refractivity contribution >= 4 is 18.5 Å². The molecule has 0 radical (unpaired) electrons. The van der Waals surface area contributed by atoms with Crippen LogP contribution in [0.3, 0.4) is 0 Å². The molecule has 2 aromatic rings. The second kappa shape index (κ2) is 8.48. The standard InChI is InChI=1S/C20H22N4O3.CH2O2/c1-13-10-21-22-17(14(13)2)15-4-6-16(7-5-15)18(25)24-9-8-20(12-24)11-23(3)19(26)27-20;2-1-3/h4-7,10H,8-9,11-12H2,1-3H3;1H,(H,2,3). The Bertz CT molecular complexity index is 962. The smallest absolute Gasteiger partial charge is 0.410 e. The molecule has 9 heteroatoms. The number of carbonyl (C=O) groups excluding carboxylic acids is 2. The first-order valence-corrected chi connectivity index (χ1v) is 9.51. The van der Waals surface area contributed by atoms with Crippen molar-refractivity contribution in [1.29, 1.82) is 0 Å². The van der Waals surface area contributed by atoms with E-state index in [4.69, 9.17) is 14.6 Å². The van der Waals surface area contributed by atoms with Crippen LogP contribution in [0.5, 0.6) is 0 Å². The fourth-order valence-corrected chi connectivity index (χ4v) is 3.78. The summed E-state index contributed by atoms with van der Waals surface area (Å²) < 4.78 is 5.52. The summed E-state index contributed by atoms with van der Waals surface area (Å²) in [5, 5.41) is 15.1. The maximum absolute atomic E-state index is 12.9. The van der Waals surface area contributed by atoms with E-state index < -0.39 is 5.60 Å². The normalized spacial score (nSPS) is 20.0. The summed E-state index contributed by atoms with van der Waals surface area (Å²) in [4.78, 5) is 36.2. The predicted octanol–water partition coefficient (Wildman–Crippen LogP) is 2.13. The van der Waals surface area contributed by atoms with Crippen molar-refractivity contribution in [2.24, 2.45) is 0 Å². The Morgan fingerprint density at radius 1 is 1.23 bits per heavy atom. The van der Waals surface area contributed by atoms with Crippen LogP contribution in [0, 0.1) is 13.8 Å². The number of amides is 2. The number of likely N-dealkylation sites (N-methyl/N-ethyl adjacent to an activating group) is 1. The maximum Gasteiger partial charge on any atom is 0.410 e. The molecule has 0 bridgehead atoms. The molecule has 2 saturated heterocycles. The van der Waals surface area contributed by atoms with Gasteiger partial charge < -0.3 is 19.6 Å². The zero-order valence-electron chi connectivity index (χ0n) is 17.2. The fraction of sp³-hybridized carbons (Fsp3) is 0.381. The lowest BCUT2D eigenvalue weighted by Crippen LogP contribution is -2.39. The summed E-state index contributed by atoms with van der Waals surface area (Å²) in [7, 11) is 1.72. The first-order valence-electron chi connectivity index (χ1n) is 9.51. The van der Waals surface area contributed by atoms with Gasteiger partial charge in [0.25, 0.3) is 12.4 Å². The number of likely N-dealkylation sites (tertiary alicyclic amines) is 1. The highest BCUT2D eigenvalue weighted by Gasteiger charge is 2.49. The summed E-state index contributed by atoms with van der Waals surface area (Å²) in [6.45, 7) is 5.32. The van der Waals surface area contributed by atoms with E-state index in [0.717, 1.165) is 22.4 Å². The van der Waals surface area contributed by atoms with Crippen molar-refractivity contribution in [2.75, 3.05) is 26.7 Å². The Morgan fingerprint density at radius 2 is 1.90 bits per heavy atom. The number of ether oxygens (including phenoxy) is 1. The average molecular weight is 412 g/mol. The molecule has 1 spiro atoms. The molecule has 158 valence electrons. The van der Waals surface area contributed by atoms with Crippen molar-refractivity contribution in [3.05, 3.63) is 47.2 Å². The Balaban J connectivity index is 0.000000806. The van der Waals surface area contributed by atoms with E-state index in [-0.39, 0.29) is 18.5 Å². The van der Waals surface area contributed by atoms with Crippen molar-refractivity contribution in [3.63, 3.8) is 0 Å². The van der Waals surface area contributed by atoms with Gasteiger partial charge in [0, 0.05) is 31.1 Å². The minimum atomic E-state index is -0.560. The SMILES string of the molecule is Cc1cnnc(-c2ccc(C(=O)N3CCC4(CN(C)C(=O)O4)C3)cc2)c1C.O=CO. The highest BCUT2D eigenvalue weighted by Crippen LogP contribution is 2.32. The molecule has 0 aliphatic carbocycles. The Hall–Kier alpha value is -3.49. The van der Waals surface area contributed by atoms with E-state index in [2.05, 4.69) is 10.2 Å². The number of aromatic nitrogens is 2. The predicted molar refractivity (Wildman–Crippen MR) is 108 cm³/mol. The molecule has 1 aromatic heterocycles. The number of carboxylic acid groups (broad SMARTS) is 1. The summed E-state index contributed by atoms with van der Waals surface area (Å²) >= 11 is 0. The Labute approximate surface area is 174 Å². The van der Waals surface area contributed by atoms with E-state index in [9.17, 15) is 9.59 Å². The van der Waals surface area contributed by atoms with Gasteiger partial charge in [-0.2, -0.15) is 10.2 Å². The lowest BCUT2D eigenvalue weighted by molar-refractivity contribution is -0.122. The molecular weight excluding hydrogens is 388 g/mol. The van der Waals surface area contributed by atoms with Gasteiger partial charge in [-0.25, -0.2) is 4.79 Å². The first-order chi connectivity index (χ1) is 14.3. The van der Waals surface area contributed by atoms with Crippen LogP contribution in [0.15, 0.2) is 30.5 Å². The highest BCUT2D eigenvalue weighted by atomic mass is 16.6. The quantitative estimate of drug-likeness (QED) is 0.752. The molecule has 2 amide bonds. The summed E-state index contributed by atoms with van der Waals surface area (Å²) in [6.07, 6.45) is 2.10. The molecule has 2 aliphatic rings. The third kappa shape index (κ3) is 4.10. The second-order valence-electron chi connectivity index (χ2n) is 7.57. The molecule has 2 aliphatic heterocycles. The molecule has 0 saturated carbocycles. The van der Waals surface area contributed by atoms with Crippen molar-refractivity contribution in [2.45, 2.75) is 25.9 Å². The van der Waals surface area contributed by atoms with Gasteiger partial charge in [-0.1, -0.05) is 12.1 Å². The minimum absolute atomic E-state index is 0.0453. The van der Waals surface area contributed by atoms with Gasteiger partial charge >= 0.3 is 6.09 Å². The number of carbonyl (C=O) groups is 3. The summed E-state index contributed by atoms with van der Waals surface area (Å²) in [5.74, 6) is -0.0453. The average Bonchev–Trinajstić information content (AvgIpc) is 3.26. The van der Waals surface area contributed by atoms with Crippen LogP contribution in [0.1, 0.15) is 27.9 Å². The van der Waals surface area contributed by atoms with Crippen LogP contribution in [-0.2, 0) is 9.53 Å². The molecule has 1 aromatic carbocycles. The fourth-order valence-electron chi connectivity index (χ4n) is 3.78. The third-order valence-electron chi connectivity index (χ3n) is 5.51. The number of aryl methyl sites for hydroxylation is 1. The molecule has 30 heavy (non-hydrogen) atoms. The lowest BCUT2D eigenvalue weighted by Gasteiger charge is -2.21. The molecule has 2 fully saturated rings. The van der Waals surface area contributed by atoms with Gasteiger partial charge in [-0.3, -0.25) is 9.59 Å². The monoisotopic (exact) mass is 412 g/mol. The van der Waals surface area contributed by atoms with Gasteiger partial charge in [0.1, 0.15) is 0 Å². The minimum Gasteiger partial charge on any atom is -0.483 e. The van der Waals surface area contributed by atoms with Crippen molar-refractivity contribution in [3.8, 4) is 11.3 Å². The third-order valence-corrected chi connectivity index (χ3v) is 5.51. The number of hydrogen-bond donors (Lipinski definition) is 1. The van der Waals surface area contributed by atoms with E-state index in [1.807, 2.05) is 38.1 Å². The van der Waals surface area contributed by atoms with Crippen LogP contribution in [0.4, 0.5) is 4.79 Å².